The van der Waals surface area contributed by atoms with E-state index in [2.05, 4.69) is 4.74 Å². The Labute approximate surface area is 159 Å². The maximum absolute atomic E-state index is 12.5. The Balaban J connectivity index is 2.19. The fourth-order valence-corrected chi connectivity index (χ4v) is 3.47. The molecule has 0 aliphatic rings. The Bertz CT molecular complexity index is 913. The summed E-state index contributed by atoms with van der Waals surface area (Å²) in [6.07, 6.45) is 1.05. The Morgan fingerprint density at radius 2 is 1.63 bits per heavy atom. The number of benzene rings is 2. The van der Waals surface area contributed by atoms with E-state index < -0.39 is 16.0 Å². The van der Waals surface area contributed by atoms with Gasteiger partial charge in [0.05, 0.1) is 24.6 Å². The minimum absolute atomic E-state index is 0.0130. The van der Waals surface area contributed by atoms with Gasteiger partial charge >= 0.3 is 5.97 Å². The highest BCUT2D eigenvalue weighted by Crippen LogP contribution is 2.21. The lowest BCUT2D eigenvalue weighted by Crippen LogP contribution is -2.35. The van der Waals surface area contributed by atoms with Gasteiger partial charge in [-0.3, -0.25) is 9.10 Å². The van der Waals surface area contributed by atoms with E-state index in [1.807, 2.05) is 18.2 Å². The topological polar surface area (TPSA) is 84.0 Å². The van der Waals surface area contributed by atoms with Crippen LogP contribution in [0.2, 0.25) is 0 Å². The second-order valence-corrected chi connectivity index (χ2v) is 7.82. The minimum Gasteiger partial charge on any atom is -0.465 e. The lowest BCUT2D eigenvalue weighted by Gasteiger charge is -2.24. The van der Waals surface area contributed by atoms with Gasteiger partial charge in [0.1, 0.15) is 0 Å². The lowest BCUT2D eigenvalue weighted by molar-refractivity contribution is -0.118. The molecular weight excluding hydrogens is 368 g/mol. The Hall–Kier alpha value is -2.87. The molecule has 0 radical (unpaired) electrons. The number of para-hydroxylation sites is 1. The smallest absolute Gasteiger partial charge is 0.337 e. The highest BCUT2D eigenvalue weighted by Gasteiger charge is 2.21. The molecule has 0 aliphatic carbocycles. The number of carbonyl (C=O) groups is 2. The van der Waals surface area contributed by atoms with E-state index in [0.29, 0.717) is 5.69 Å². The van der Waals surface area contributed by atoms with Crippen molar-refractivity contribution in [1.82, 2.24) is 0 Å². The number of nitrogens with zero attached hydrogens (tertiary/aromatic N) is 2. The third-order valence-corrected chi connectivity index (χ3v) is 5.20. The molecule has 1 amide bonds. The van der Waals surface area contributed by atoms with Crippen LogP contribution in [0.15, 0.2) is 54.6 Å². The van der Waals surface area contributed by atoms with Crippen LogP contribution in [0, 0.1) is 0 Å². The van der Waals surface area contributed by atoms with Crippen LogP contribution in [0.3, 0.4) is 0 Å². The average molecular weight is 390 g/mol. The van der Waals surface area contributed by atoms with Gasteiger partial charge in [-0.25, -0.2) is 13.2 Å². The molecule has 2 rings (SSSR count). The molecule has 2 aromatic rings. The van der Waals surface area contributed by atoms with Gasteiger partial charge in [0.15, 0.2) is 0 Å². The molecular formula is C19H22N2O5S. The van der Waals surface area contributed by atoms with Gasteiger partial charge < -0.3 is 9.64 Å². The number of hydrogen-bond acceptors (Lipinski definition) is 5. The van der Waals surface area contributed by atoms with Crippen molar-refractivity contribution < 1.29 is 22.7 Å². The first kappa shape index (κ1) is 20.4. The molecule has 0 bridgehead atoms. The van der Waals surface area contributed by atoms with E-state index in [4.69, 9.17) is 0 Å². The number of rotatable bonds is 7. The van der Waals surface area contributed by atoms with Crippen molar-refractivity contribution in [2.75, 3.05) is 36.2 Å². The molecule has 8 heteroatoms. The van der Waals surface area contributed by atoms with Gasteiger partial charge in [-0.05, 0) is 30.3 Å². The number of hydrogen-bond donors (Lipinski definition) is 0. The summed E-state index contributed by atoms with van der Waals surface area (Å²) in [5.41, 5.74) is 1.26. The summed E-state index contributed by atoms with van der Waals surface area (Å²) >= 11 is 0. The zero-order valence-corrected chi connectivity index (χ0v) is 16.3. The Kier molecular flexibility index (Phi) is 6.57. The standard InChI is InChI=1S/C19H22N2O5S/c1-20(16-9-5-4-6-10-16)18(22)12-13-21(27(3,24)25)17-11-7-8-15(14-17)19(23)26-2/h4-11,14H,12-13H2,1-3H3. The monoisotopic (exact) mass is 390 g/mol. The molecule has 0 unspecified atom stereocenters. The molecule has 7 nitrogen and oxygen atoms in total. The molecule has 0 saturated carbocycles. The summed E-state index contributed by atoms with van der Waals surface area (Å²) in [5.74, 6) is -0.788. The SMILES string of the molecule is COC(=O)c1cccc(N(CCC(=O)N(C)c2ccccc2)S(C)(=O)=O)c1. The third-order valence-electron chi connectivity index (χ3n) is 4.00. The molecule has 0 aromatic heterocycles. The highest BCUT2D eigenvalue weighted by molar-refractivity contribution is 7.92. The van der Waals surface area contributed by atoms with Gasteiger partial charge in [-0.15, -0.1) is 0 Å². The summed E-state index contributed by atoms with van der Waals surface area (Å²) in [7, 11) is -0.752. The predicted octanol–water partition coefficient (Wildman–Crippen LogP) is 2.29. The summed E-state index contributed by atoms with van der Waals surface area (Å²) in [5, 5.41) is 0. The molecule has 0 spiro atoms. The summed E-state index contributed by atoms with van der Waals surface area (Å²) in [6, 6.07) is 15.2. The number of anilines is 2. The third kappa shape index (κ3) is 5.30. The van der Waals surface area contributed by atoms with Gasteiger partial charge in [-0.2, -0.15) is 0 Å². The lowest BCUT2D eigenvalue weighted by atomic mass is 10.2. The van der Waals surface area contributed by atoms with Crippen molar-refractivity contribution in [3.63, 3.8) is 0 Å². The van der Waals surface area contributed by atoms with Crippen LogP contribution in [0.5, 0.6) is 0 Å². The largest absolute Gasteiger partial charge is 0.465 e. The van der Waals surface area contributed by atoms with E-state index in [-0.39, 0.29) is 24.4 Å². The number of esters is 1. The second kappa shape index (κ2) is 8.68. The van der Waals surface area contributed by atoms with Crippen molar-refractivity contribution in [2.45, 2.75) is 6.42 Å². The minimum atomic E-state index is -3.64. The summed E-state index contributed by atoms with van der Waals surface area (Å²) in [6.45, 7) is -0.0422. The van der Waals surface area contributed by atoms with Crippen LogP contribution >= 0.6 is 0 Å². The number of methoxy groups -OCH3 is 1. The van der Waals surface area contributed by atoms with Crippen molar-refractivity contribution in [3.05, 3.63) is 60.2 Å². The molecule has 2 aromatic carbocycles. The fraction of sp³-hybridized carbons (Fsp3) is 0.263. The van der Waals surface area contributed by atoms with Crippen LogP contribution in [0.1, 0.15) is 16.8 Å². The van der Waals surface area contributed by atoms with E-state index in [9.17, 15) is 18.0 Å². The Morgan fingerprint density at radius 3 is 2.22 bits per heavy atom. The average Bonchev–Trinajstić information content (AvgIpc) is 2.66. The van der Waals surface area contributed by atoms with Crippen molar-refractivity contribution in [1.29, 1.82) is 0 Å². The summed E-state index contributed by atoms with van der Waals surface area (Å²) in [4.78, 5) is 25.6. The molecule has 0 fully saturated rings. The first-order valence-electron chi connectivity index (χ1n) is 8.21. The van der Waals surface area contributed by atoms with Gasteiger partial charge in [-0.1, -0.05) is 24.3 Å². The Morgan fingerprint density at radius 1 is 1.00 bits per heavy atom. The van der Waals surface area contributed by atoms with Crippen molar-refractivity contribution in [3.8, 4) is 0 Å². The maximum atomic E-state index is 12.5. The maximum Gasteiger partial charge on any atom is 0.337 e. The van der Waals surface area contributed by atoms with Gasteiger partial charge in [0, 0.05) is 25.7 Å². The number of carbonyl (C=O) groups excluding carboxylic acids is 2. The first-order chi connectivity index (χ1) is 12.7. The molecule has 27 heavy (non-hydrogen) atoms. The zero-order valence-electron chi connectivity index (χ0n) is 15.5. The second-order valence-electron chi connectivity index (χ2n) is 5.92. The molecule has 0 saturated heterocycles. The first-order valence-corrected chi connectivity index (χ1v) is 10.1. The summed E-state index contributed by atoms with van der Waals surface area (Å²) < 4.78 is 30.2. The van der Waals surface area contributed by atoms with Crippen molar-refractivity contribution >= 4 is 33.3 Å². The highest BCUT2D eigenvalue weighted by atomic mass is 32.2. The van der Waals surface area contributed by atoms with Crippen LogP contribution in [-0.2, 0) is 19.6 Å². The molecule has 0 N–H and O–H groups in total. The molecule has 0 heterocycles. The van der Waals surface area contributed by atoms with Gasteiger partial charge in [0.2, 0.25) is 15.9 Å². The zero-order chi connectivity index (χ0) is 20.0. The van der Waals surface area contributed by atoms with Crippen LogP contribution in [0.25, 0.3) is 0 Å². The predicted molar refractivity (Wildman–Crippen MR) is 104 cm³/mol. The fourth-order valence-electron chi connectivity index (χ4n) is 2.55. The van der Waals surface area contributed by atoms with Gasteiger partial charge in [0.25, 0.3) is 0 Å². The van der Waals surface area contributed by atoms with E-state index in [1.54, 1.807) is 31.3 Å². The molecule has 0 atom stereocenters. The van der Waals surface area contributed by atoms with Crippen molar-refractivity contribution in [2.24, 2.45) is 0 Å². The molecule has 0 aliphatic heterocycles. The van der Waals surface area contributed by atoms with Crippen LogP contribution in [-0.4, -0.2) is 47.3 Å². The number of amides is 1. The van der Waals surface area contributed by atoms with E-state index >= 15 is 0 Å². The number of ether oxygens (including phenoxy) is 1. The van der Waals surface area contributed by atoms with Crippen LogP contribution < -0.4 is 9.21 Å². The van der Waals surface area contributed by atoms with E-state index in [1.165, 1.54) is 24.1 Å². The normalized spacial score (nSPS) is 10.9. The quantitative estimate of drug-likeness (QED) is 0.678. The van der Waals surface area contributed by atoms with Crippen LogP contribution in [0.4, 0.5) is 11.4 Å². The number of sulfonamides is 1. The van der Waals surface area contributed by atoms with E-state index in [0.717, 1.165) is 16.2 Å². The molecule has 144 valence electrons.